The molecule has 3 aromatic carbocycles. The van der Waals surface area contributed by atoms with Gasteiger partial charge in [-0.1, -0.05) is 60.7 Å². The van der Waals surface area contributed by atoms with Crippen LogP contribution >= 0.6 is 0 Å². The lowest BCUT2D eigenvalue weighted by Crippen LogP contribution is -2.25. The van der Waals surface area contributed by atoms with Crippen molar-refractivity contribution in [3.05, 3.63) is 108 Å². The second kappa shape index (κ2) is 11.5. The molecule has 5 heteroatoms. The molecule has 0 aromatic heterocycles. The Balaban J connectivity index is 1.78. The van der Waals surface area contributed by atoms with Gasteiger partial charge in [-0.2, -0.15) is 0 Å². The minimum absolute atomic E-state index is 0.366. The monoisotopic (exact) mass is 448 g/mol. The molecule has 0 unspecified atom stereocenters. The number of phenols is 1. The van der Waals surface area contributed by atoms with E-state index in [1.807, 2.05) is 36.4 Å². The summed E-state index contributed by atoms with van der Waals surface area (Å²) >= 11 is 0. The van der Waals surface area contributed by atoms with Crippen molar-refractivity contribution < 1.29 is 24.4 Å². The highest BCUT2D eigenvalue weighted by molar-refractivity contribution is 5.81. The Hall–Kier alpha value is -3.41. The van der Waals surface area contributed by atoms with E-state index in [-0.39, 0.29) is 0 Å². The van der Waals surface area contributed by atoms with E-state index in [9.17, 15) is 19.7 Å². The number of halogens is 1. The van der Waals surface area contributed by atoms with Gasteiger partial charge < -0.3 is 20.1 Å². The highest BCUT2D eigenvalue weighted by Crippen LogP contribution is 2.32. The first-order valence-electron chi connectivity index (χ1n) is 10.8. The first-order valence-corrected chi connectivity index (χ1v) is 10.8. The molecule has 0 amide bonds. The topological polar surface area (TPSA) is 69.9 Å². The molecule has 172 valence electrons. The zero-order valence-electron chi connectivity index (χ0n) is 18.6. The van der Waals surface area contributed by atoms with Gasteiger partial charge in [0.2, 0.25) is 0 Å². The zero-order valence-corrected chi connectivity index (χ0v) is 18.6. The summed E-state index contributed by atoms with van der Waals surface area (Å²) in [6.07, 6.45) is 2.51. The summed E-state index contributed by atoms with van der Waals surface area (Å²) in [7, 11) is 1.58. The fourth-order valence-corrected chi connectivity index (χ4v) is 3.78. The fourth-order valence-electron chi connectivity index (χ4n) is 3.78. The summed E-state index contributed by atoms with van der Waals surface area (Å²) in [4.78, 5) is 0. The molecular formula is C28H29FO4. The van der Waals surface area contributed by atoms with Crippen molar-refractivity contribution in [3.8, 4) is 11.5 Å². The summed E-state index contributed by atoms with van der Waals surface area (Å²) in [6.45, 7) is 3.81. The summed E-state index contributed by atoms with van der Waals surface area (Å²) in [5, 5.41) is 31.2. The number of phenolic OH excluding ortho intramolecular Hbond substituents is 1. The minimum atomic E-state index is -0.918. The van der Waals surface area contributed by atoms with E-state index in [0.717, 1.165) is 11.1 Å². The zero-order chi connectivity index (χ0) is 23.8. The number of rotatable bonds is 10. The van der Waals surface area contributed by atoms with Gasteiger partial charge in [0.25, 0.3) is 0 Å². The third-order valence-electron chi connectivity index (χ3n) is 5.71. The normalized spacial score (nSPS) is 14.4. The number of aromatic hydroxyl groups is 1. The SMILES string of the molecule is C=C[C@H]([C@H](O)CC/C(=C/c1ccc(O)c(F)c1)c1ccccc1)[C@H](O)c1ccc(OC)cc1. The number of ether oxygens (including phenoxy) is 1. The van der Waals surface area contributed by atoms with Crippen LogP contribution in [0.15, 0.2) is 85.5 Å². The van der Waals surface area contributed by atoms with Crippen LogP contribution in [-0.4, -0.2) is 28.5 Å². The van der Waals surface area contributed by atoms with Crippen molar-refractivity contribution in [2.24, 2.45) is 5.92 Å². The molecule has 3 N–H and O–H groups in total. The van der Waals surface area contributed by atoms with Gasteiger partial charge in [0.05, 0.1) is 19.3 Å². The van der Waals surface area contributed by atoms with Crippen molar-refractivity contribution in [2.45, 2.75) is 25.0 Å². The van der Waals surface area contributed by atoms with E-state index in [1.54, 1.807) is 43.5 Å². The number of aliphatic hydroxyl groups is 2. The van der Waals surface area contributed by atoms with E-state index in [2.05, 4.69) is 6.58 Å². The third-order valence-corrected chi connectivity index (χ3v) is 5.71. The molecule has 0 aliphatic rings. The number of hydrogen-bond acceptors (Lipinski definition) is 4. The molecule has 33 heavy (non-hydrogen) atoms. The quantitative estimate of drug-likeness (QED) is 0.273. The molecule has 0 bridgehead atoms. The summed E-state index contributed by atoms with van der Waals surface area (Å²) in [5.41, 5.74) is 3.13. The van der Waals surface area contributed by atoms with Gasteiger partial charge in [-0.15, -0.1) is 6.58 Å². The Labute approximate surface area is 193 Å². The Morgan fingerprint density at radius 1 is 1.03 bits per heavy atom. The minimum Gasteiger partial charge on any atom is -0.505 e. The van der Waals surface area contributed by atoms with Crippen LogP contribution in [0.25, 0.3) is 11.6 Å². The lowest BCUT2D eigenvalue weighted by atomic mass is 9.87. The first kappa shape index (κ1) is 24.2. The Bertz CT molecular complexity index is 1080. The van der Waals surface area contributed by atoms with E-state index in [4.69, 9.17) is 4.74 Å². The maximum Gasteiger partial charge on any atom is 0.165 e. The summed E-state index contributed by atoms with van der Waals surface area (Å²) in [5.74, 6) is -0.970. The van der Waals surface area contributed by atoms with E-state index < -0.39 is 29.7 Å². The van der Waals surface area contributed by atoms with Crippen LogP contribution in [-0.2, 0) is 0 Å². The molecule has 0 aliphatic heterocycles. The highest BCUT2D eigenvalue weighted by atomic mass is 19.1. The van der Waals surface area contributed by atoms with Crippen molar-refractivity contribution in [1.29, 1.82) is 0 Å². The van der Waals surface area contributed by atoms with Crippen LogP contribution in [0.1, 0.15) is 35.6 Å². The molecule has 3 atom stereocenters. The van der Waals surface area contributed by atoms with Gasteiger partial charge in [-0.05, 0) is 59.4 Å². The van der Waals surface area contributed by atoms with Crippen LogP contribution in [0.3, 0.4) is 0 Å². The molecule has 4 nitrogen and oxygen atoms in total. The van der Waals surface area contributed by atoms with Crippen LogP contribution in [0.5, 0.6) is 11.5 Å². The predicted molar refractivity (Wildman–Crippen MR) is 129 cm³/mol. The van der Waals surface area contributed by atoms with Gasteiger partial charge in [0.15, 0.2) is 11.6 Å². The van der Waals surface area contributed by atoms with Crippen molar-refractivity contribution in [1.82, 2.24) is 0 Å². The second-order valence-electron chi connectivity index (χ2n) is 7.88. The van der Waals surface area contributed by atoms with Crippen LogP contribution in [0, 0.1) is 11.7 Å². The molecule has 0 spiro atoms. The lowest BCUT2D eigenvalue weighted by Gasteiger charge is -2.26. The van der Waals surface area contributed by atoms with Crippen LogP contribution in [0.4, 0.5) is 4.39 Å². The standard InChI is InChI=1S/C28H29FO4/c1-3-24(28(32)21-10-13-23(33-2)14-11-21)26(30)16-12-22(20-7-5-4-6-8-20)17-19-9-15-27(31)25(29)18-19/h3-11,13-15,17-18,24,26,28,30-32H,1,12,16H2,2H3/b22-17-/t24-,26-,28-/m1/s1. The van der Waals surface area contributed by atoms with Gasteiger partial charge >= 0.3 is 0 Å². The summed E-state index contributed by atoms with van der Waals surface area (Å²) in [6, 6.07) is 20.9. The Morgan fingerprint density at radius 3 is 2.33 bits per heavy atom. The lowest BCUT2D eigenvalue weighted by molar-refractivity contribution is 0.0325. The average molecular weight is 449 g/mol. The van der Waals surface area contributed by atoms with E-state index >= 15 is 0 Å². The van der Waals surface area contributed by atoms with Gasteiger partial charge in [0.1, 0.15) is 5.75 Å². The Kier molecular flexibility index (Phi) is 8.41. The van der Waals surface area contributed by atoms with Gasteiger partial charge in [-0.3, -0.25) is 0 Å². The van der Waals surface area contributed by atoms with Crippen LogP contribution < -0.4 is 4.74 Å². The molecule has 3 aromatic rings. The van der Waals surface area contributed by atoms with E-state index in [1.165, 1.54) is 12.1 Å². The van der Waals surface area contributed by atoms with Crippen molar-refractivity contribution in [3.63, 3.8) is 0 Å². The maximum atomic E-state index is 13.8. The third kappa shape index (κ3) is 6.31. The number of allylic oxidation sites excluding steroid dienone is 1. The van der Waals surface area contributed by atoms with Gasteiger partial charge in [0, 0.05) is 5.92 Å². The predicted octanol–water partition coefficient (Wildman–Crippen LogP) is 5.76. The number of benzene rings is 3. The van der Waals surface area contributed by atoms with Gasteiger partial charge in [-0.25, -0.2) is 4.39 Å². The molecular weight excluding hydrogens is 419 g/mol. The average Bonchev–Trinajstić information content (AvgIpc) is 2.84. The smallest absolute Gasteiger partial charge is 0.165 e. The number of methoxy groups -OCH3 is 1. The van der Waals surface area contributed by atoms with Crippen molar-refractivity contribution >= 4 is 11.6 Å². The second-order valence-corrected chi connectivity index (χ2v) is 7.88. The molecule has 3 rings (SSSR count). The molecule has 0 fully saturated rings. The molecule has 0 heterocycles. The molecule has 0 saturated heterocycles. The molecule has 0 saturated carbocycles. The fraction of sp³-hybridized carbons (Fsp3) is 0.214. The molecule has 0 radical (unpaired) electrons. The molecule has 0 aliphatic carbocycles. The van der Waals surface area contributed by atoms with Crippen molar-refractivity contribution in [2.75, 3.05) is 7.11 Å². The summed E-state index contributed by atoms with van der Waals surface area (Å²) < 4.78 is 19.0. The first-order chi connectivity index (χ1) is 15.9. The number of aliphatic hydroxyl groups excluding tert-OH is 2. The number of hydrogen-bond donors (Lipinski definition) is 3. The van der Waals surface area contributed by atoms with Crippen LogP contribution in [0.2, 0.25) is 0 Å². The largest absolute Gasteiger partial charge is 0.505 e. The Morgan fingerprint density at radius 2 is 1.73 bits per heavy atom. The highest BCUT2D eigenvalue weighted by Gasteiger charge is 2.25. The maximum absolute atomic E-state index is 13.8. The van der Waals surface area contributed by atoms with E-state index in [0.29, 0.717) is 29.7 Å².